The number of thiol groups is 1. The smallest absolute Gasteiger partial charge is 0.326 e. The Bertz CT molecular complexity index is 543. The van der Waals surface area contributed by atoms with E-state index in [4.69, 9.17) is 10.8 Å². The fourth-order valence-corrected chi connectivity index (χ4v) is 2.26. The van der Waals surface area contributed by atoms with Gasteiger partial charge in [0.15, 0.2) is 0 Å². The Labute approximate surface area is 164 Å². The molecule has 0 aliphatic carbocycles. The normalized spacial score (nSPS) is 15.6. The average Bonchev–Trinajstić information content (AvgIpc) is 2.59. The lowest BCUT2D eigenvalue weighted by atomic mass is 10.0. The van der Waals surface area contributed by atoms with Crippen LogP contribution in [0.15, 0.2) is 0 Å². The molecule has 0 aromatic rings. The summed E-state index contributed by atoms with van der Waals surface area (Å²) < 4.78 is 0. The molecule has 0 spiro atoms. The predicted octanol–water partition coefficient (Wildman–Crippen LogP) is -1.91. The first kappa shape index (κ1) is 25.1. The third-order valence-electron chi connectivity index (χ3n) is 3.88. The van der Waals surface area contributed by atoms with Crippen molar-refractivity contribution in [3.8, 4) is 0 Å². The molecular formula is C16H30N4O6S. The summed E-state index contributed by atoms with van der Waals surface area (Å²) >= 11 is 4.01. The van der Waals surface area contributed by atoms with Crippen molar-refractivity contribution < 1.29 is 29.4 Å². The van der Waals surface area contributed by atoms with Crippen molar-refractivity contribution in [1.29, 1.82) is 0 Å². The number of nitrogens with two attached hydrogens (primary N) is 1. The SMILES string of the molecule is CC(C)C(N)C(=O)NC(CS)C(=O)NC(CO)C(=O)NC(C(=O)O)C(C)C. The van der Waals surface area contributed by atoms with Crippen LogP contribution >= 0.6 is 12.6 Å². The lowest BCUT2D eigenvalue weighted by Crippen LogP contribution is -2.59. The Kier molecular flexibility index (Phi) is 11.0. The summed E-state index contributed by atoms with van der Waals surface area (Å²) in [7, 11) is 0. The minimum atomic E-state index is -1.38. The van der Waals surface area contributed by atoms with Crippen molar-refractivity contribution in [2.45, 2.75) is 51.9 Å². The van der Waals surface area contributed by atoms with Crippen LogP contribution in [0.2, 0.25) is 0 Å². The summed E-state index contributed by atoms with van der Waals surface area (Å²) in [5.74, 6) is -3.99. The molecular weight excluding hydrogens is 376 g/mol. The maximum absolute atomic E-state index is 12.3. The topological polar surface area (TPSA) is 171 Å². The first-order valence-electron chi connectivity index (χ1n) is 8.57. The van der Waals surface area contributed by atoms with Crippen molar-refractivity contribution in [3.05, 3.63) is 0 Å². The van der Waals surface area contributed by atoms with Gasteiger partial charge >= 0.3 is 5.97 Å². The largest absolute Gasteiger partial charge is 0.480 e. The number of hydrogen-bond acceptors (Lipinski definition) is 7. The van der Waals surface area contributed by atoms with E-state index in [-0.39, 0.29) is 11.7 Å². The van der Waals surface area contributed by atoms with Gasteiger partial charge in [0.1, 0.15) is 18.1 Å². The minimum absolute atomic E-state index is 0.0636. The maximum atomic E-state index is 12.3. The van der Waals surface area contributed by atoms with E-state index in [1.807, 2.05) is 0 Å². The molecule has 0 fully saturated rings. The van der Waals surface area contributed by atoms with Gasteiger partial charge in [-0.2, -0.15) is 12.6 Å². The Morgan fingerprint density at radius 2 is 1.37 bits per heavy atom. The molecule has 0 aliphatic heterocycles. The van der Waals surface area contributed by atoms with Crippen molar-refractivity contribution in [3.63, 3.8) is 0 Å². The van der Waals surface area contributed by atoms with Crippen LogP contribution < -0.4 is 21.7 Å². The average molecular weight is 407 g/mol. The molecule has 3 amide bonds. The second-order valence-electron chi connectivity index (χ2n) is 6.83. The first-order chi connectivity index (χ1) is 12.5. The fraction of sp³-hybridized carbons (Fsp3) is 0.750. The molecule has 0 rings (SSSR count). The van der Waals surface area contributed by atoms with E-state index in [1.54, 1.807) is 27.7 Å². The molecule has 4 unspecified atom stereocenters. The van der Waals surface area contributed by atoms with Crippen LogP contribution in [0.5, 0.6) is 0 Å². The molecule has 4 atom stereocenters. The van der Waals surface area contributed by atoms with Crippen LogP contribution in [0.1, 0.15) is 27.7 Å². The van der Waals surface area contributed by atoms with E-state index in [1.165, 1.54) is 0 Å². The number of carboxylic acids is 1. The zero-order chi connectivity index (χ0) is 21.3. The second kappa shape index (κ2) is 11.8. The number of aliphatic hydroxyl groups excluding tert-OH is 1. The number of amides is 3. The van der Waals surface area contributed by atoms with Crippen LogP contribution in [0.3, 0.4) is 0 Å². The molecule has 7 N–H and O–H groups in total. The summed E-state index contributed by atoms with van der Waals surface area (Å²) in [4.78, 5) is 47.7. The van der Waals surface area contributed by atoms with Crippen LogP contribution in [0.4, 0.5) is 0 Å². The summed E-state index contributed by atoms with van der Waals surface area (Å²) in [5.41, 5.74) is 5.72. The van der Waals surface area contributed by atoms with Crippen molar-refractivity contribution in [2.75, 3.05) is 12.4 Å². The maximum Gasteiger partial charge on any atom is 0.326 e. The second-order valence-corrected chi connectivity index (χ2v) is 7.19. The summed E-state index contributed by atoms with van der Waals surface area (Å²) in [6.07, 6.45) is 0. The number of carbonyl (C=O) groups is 4. The molecule has 0 heterocycles. The third kappa shape index (κ3) is 8.14. The highest BCUT2D eigenvalue weighted by atomic mass is 32.1. The van der Waals surface area contributed by atoms with Crippen LogP contribution in [-0.2, 0) is 19.2 Å². The van der Waals surface area contributed by atoms with Gasteiger partial charge in [0.05, 0.1) is 12.6 Å². The number of hydrogen-bond donors (Lipinski definition) is 7. The number of aliphatic hydroxyl groups is 1. The Hall–Kier alpha value is -1.85. The molecule has 0 aliphatic rings. The Balaban J connectivity index is 5.00. The first-order valence-corrected chi connectivity index (χ1v) is 9.20. The number of aliphatic carboxylic acids is 1. The van der Waals surface area contributed by atoms with Crippen LogP contribution in [-0.4, -0.2) is 70.4 Å². The lowest BCUT2D eigenvalue weighted by Gasteiger charge is -2.25. The van der Waals surface area contributed by atoms with E-state index in [0.717, 1.165) is 0 Å². The summed E-state index contributed by atoms with van der Waals surface area (Å²) in [5, 5.41) is 25.5. The molecule has 0 aromatic carbocycles. The summed E-state index contributed by atoms with van der Waals surface area (Å²) in [6.45, 7) is 5.96. The quantitative estimate of drug-likeness (QED) is 0.196. The van der Waals surface area contributed by atoms with Crippen molar-refractivity contribution in [1.82, 2.24) is 16.0 Å². The zero-order valence-electron chi connectivity index (χ0n) is 15.9. The van der Waals surface area contributed by atoms with Crippen LogP contribution in [0.25, 0.3) is 0 Å². The lowest BCUT2D eigenvalue weighted by molar-refractivity contribution is -0.143. The van der Waals surface area contributed by atoms with E-state index >= 15 is 0 Å². The van der Waals surface area contributed by atoms with Gasteiger partial charge < -0.3 is 31.9 Å². The molecule has 156 valence electrons. The van der Waals surface area contributed by atoms with Gasteiger partial charge in [-0.3, -0.25) is 14.4 Å². The molecule has 0 aromatic heterocycles. The van der Waals surface area contributed by atoms with Gasteiger partial charge in [0.2, 0.25) is 17.7 Å². The van der Waals surface area contributed by atoms with Crippen molar-refractivity contribution >= 4 is 36.3 Å². The Morgan fingerprint density at radius 1 is 0.889 bits per heavy atom. The van der Waals surface area contributed by atoms with Gasteiger partial charge in [0.25, 0.3) is 0 Å². The predicted molar refractivity (Wildman–Crippen MR) is 102 cm³/mol. The number of carbonyl (C=O) groups excluding carboxylic acids is 3. The highest BCUT2D eigenvalue weighted by Gasteiger charge is 2.30. The molecule has 0 saturated carbocycles. The van der Waals surface area contributed by atoms with E-state index in [9.17, 15) is 24.3 Å². The summed E-state index contributed by atoms with van der Waals surface area (Å²) in [6, 6.07) is -4.45. The molecule has 0 radical (unpaired) electrons. The highest BCUT2D eigenvalue weighted by Crippen LogP contribution is 2.03. The van der Waals surface area contributed by atoms with E-state index in [0.29, 0.717) is 0 Å². The standard InChI is InChI=1S/C16H30N4O6S/c1-7(2)11(17)15(24)19-10(6-27)14(23)18-9(5-21)13(22)20-12(8(3)4)16(25)26/h7-12,21,27H,5-6,17H2,1-4H3,(H,18,23)(H,19,24)(H,20,22)(H,25,26). The number of nitrogens with one attached hydrogen (secondary N) is 3. The fourth-order valence-electron chi connectivity index (χ4n) is 2.00. The van der Waals surface area contributed by atoms with Gasteiger partial charge in [-0.15, -0.1) is 0 Å². The molecule has 0 saturated heterocycles. The molecule has 27 heavy (non-hydrogen) atoms. The van der Waals surface area contributed by atoms with Gasteiger partial charge in [-0.25, -0.2) is 4.79 Å². The highest BCUT2D eigenvalue weighted by molar-refractivity contribution is 7.80. The van der Waals surface area contributed by atoms with Crippen molar-refractivity contribution in [2.24, 2.45) is 17.6 Å². The van der Waals surface area contributed by atoms with Crippen LogP contribution in [0, 0.1) is 11.8 Å². The van der Waals surface area contributed by atoms with Gasteiger partial charge in [0, 0.05) is 5.75 Å². The molecule has 10 nitrogen and oxygen atoms in total. The van der Waals surface area contributed by atoms with E-state index < -0.39 is 60.4 Å². The van der Waals surface area contributed by atoms with E-state index in [2.05, 4.69) is 28.6 Å². The molecule has 11 heteroatoms. The van der Waals surface area contributed by atoms with Gasteiger partial charge in [-0.1, -0.05) is 27.7 Å². The molecule has 0 bridgehead atoms. The minimum Gasteiger partial charge on any atom is -0.480 e. The zero-order valence-corrected chi connectivity index (χ0v) is 16.8. The Morgan fingerprint density at radius 3 is 1.74 bits per heavy atom. The third-order valence-corrected chi connectivity index (χ3v) is 4.25. The number of carboxylic acid groups (broad SMARTS) is 1. The van der Waals surface area contributed by atoms with Gasteiger partial charge in [-0.05, 0) is 11.8 Å². The monoisotopic (exact) mass is 406 g/mol. The number of rotatable bonds is 11.